The zero-order valence-corrected chi connectivity index (χ0v) is 19.8. The third-order valence-electron chi connectivity index (χ3n) is 8.59. The van der Waals surface area contributed by atoms with Crippen molar-refractivity contribution < 1.29 is 24.2 Å². The third-order valence-corrected chi connectivity index (χ3v) is 8.59. The topological polar surface area (TPSA) is 80.7 Å². The van der Waals surface area contributed by atoms with Crippen LogP contribution in [0.5, 0.6) is 0 Å². The van der Waals surface area contributed by atoms with Crippen LogP contribution in [0.2, 0.25) is 0 Å². The monoisotopic (exact) mass is 422 g/mol. The lowest BCUT2D eigenvalue weighted by molar-refractivity contribution is -0.166. The van der Waals surface area contributed by atoms with E-state index in [2.05, 4.69) is 13.8 Å². The van der Waals surface area contributed by atoms with E-state index in [4.69, 9.17) is 14.6 Å². The number of carbonyl (C=O) groups is 3. The minimum absolute atomic E-state index is 0.0629. The van der Waals surface area contributed by atoms with Crippen LogP contribution in [-0.2, 0) is 19.1 Å². The molecule has 5 heteroatoms. The Kier molecular flexibility index (Phi) is 8.15. The van der Waals surface area contributed by atoms with Crippen LogP contribution < -0.4 is 0 Å². The first-order valence-electron chi connectivity index (χ1n) is 12.0. The molecule has 0 amide bonds. The Labute approximate surface area is 182 Å². The van der Waals surface area contributed by atoms with E-state index >= 15 is 0 Å². The average Bonchev–Trinajstić information content (AvgIpc) is 2.99. The number of Topliss-reactive ketones (excluding diaryl/α,β-unsaturated/α-hetero) is 1. The molecule has 0 bridgehead atoms. The van der Waals surface area contributed by atoms with E-state index in [0.717, 1.165) is 39.0 Å². The maximum Gasteiger partial charge on any atom is 0.302 e. The number of hydrogen-bond donors (Lipinski definition) is 1. The average molecular weight is 423 g/mol. The number of carboxylic acids is 1. The van der Waals surface area contributed by atoms with Gasteiger partial charge in [0, 0.05) is 31.6 Å². The largest absolute Gasteiger partial charge is 0.481 e. The summed E-state index contributed by atoms with van der Waals surface area (Å²) in [6.45, 7) is 11.4. The number of fused-ring (bicyclic) bond motifs is 5. The van der Waals surface area contributed by atoms with Crippen molar-refractivity contribution in [3.05, 3.63) is 0 Å². The number of carboxylic acid groups (broad SMARTS) is 1. The predicted molar refractivity (Wildman–Crippen MR) is 117 cm³/mol. The van der Waals surface area contributed by atoms with Crippen molar-refractivity contribution in [3.8, 4) is 0 Å². The van der Waals surface area contributed by atoms with E-state index < -0.39 is 5.97 Å². The maximum atomic E-state index is 13.0. The first-order valence-corrected chi connectivity index (χ1v) is 12.0. The molecule has 0 heterocycles. The van der Waals surface area contributed by atoms with Crippen LogP contribution in [0.25, 0.3) is 0 Å². The number of esters is 1. The quantitative estimate of drug-likeness (QED) is 0.553. The lowest BCUT2D eigenvalue weighted by Crippen LogP contribution is -2.56. The van der Waals surface area contributed by atoms with Crippen LogP contribution in [0.3, 0.4) is 0 Å². The molecule has 172 valence electrons. The highest BCUT2D eigenvalue weighted by Gasteiger charge is 2.62. The molecule has 7 atom stereocenters. The highest BCUT2D eigenvalue weighted by Crippen LogP contribution is 2.65. The smallest absolute Gasteiger partial charge is 0.302 e. The molecule has 4 aliphatic rings. The molecule has 4 aliphatic carbocycles. The summed E-state index contributed by atoms with van der Waals surface area (Å²) in [7, 11) is 0. The molecule has 0 spiro atoms. The van der Waals surface area contributed by atoms with E-state index in [1.165, 1.54) is 32.6 Å². The van der Waals surface area contributed by atoms with Crippen LogP contribution in [0.15, 0.2) is 0 Å². The van der Waals surface area contributed by atoms with Crippen molar-refractivity contribution >= 4 is 17.7 Å². The first-order chi connectivity index (χ1) is 14.1. The summed E-state index contributed by atoms with van der Waals surface area (Å²) in [6.07, 6.45) is 10.2. The second-order valence-corrected chi connectivity index (χ2v) is 10.1. The standard InChI is InChI=1S/C21H32O3.C2H4O2.C2H6/c1-13(22)24-19-8-7-15-14-12-18(23)17-6-4-5-10-20(17,2)16(14)9-11-21(15,19)3;1-2(3)4;1-2/h14-17,19H,4-12H2,1-3H3;1H3,(H,3,4);1-2H3. The zero-order chi connectivity index (χ0) is 22.7. The van der Waals surface area contributed by atoms with Gasteiger partial charge in [-0.25, -0.2) is 0 Å². The van der Waals surface area contributed by atoms with Gasteiger partial charge in [0.1, 0.15) is 11.9 Å². The van der Waals surface area contributed by atoms with Crippen LogP contribution in [0, 0.1) is 34.5 Å². The predicted octanol–water partition coefficient (Wildman–Crippen LogP) is 5.65. The van der Waals surface area contributed by atoms with Gasteiger partial charge >= 0.3 is 5.97 Å². The molecular weight excluding hydrogens is 380 g/mol. The number of hydrogen-bond acceptors (Lipinski definition) is 4. The van der Waals surface area contributed by atoms with Crippen molar-refractivity contribution in [2.24, 2.45) is 34.5 Å². The van der Waals surface area contributed by atoms with Crippen molar-refractivity contribution in [1.82, 2.24) is 0 Å². The van der Waals surface area contributed by atoms with Gasteiger partial charge in [0.25, 0.3) is 5.97 Å². The van der Waals surface area contributed by atoms with Crippen molar-refractivity contribution in [2.45, 2.75) is 105 Å². The second-order valence-electron chi connectivity index (χ2n) is 10.1. The summed E-state index contributed by atoms with van der Waals surface area (Å²) >= 11 is 0. The molecular formula is C25H42O5. The molecule has 4 fully saturated rings. The summed E-state index contributed by atoms with van der Waals surface area (Å²) in [5.41, 5.74) is 0.323. The highest BCUT2D eigenvalue weighted by atomic mass is 16.5. The summed E-state index contributed by atoms with van der Waals surface area (Å²) in [5, 5.41) is 7.42. The van der Waals surface area contributed by atoms with E-state index in [-0.39, 0.29) is 22.9 Å². The number of aliphatic carboxylic acids is 1. The summed E-state index contributed by atoms with van der Waals surface area (Å²) < 4.78 is 5.70. The zero-order valence-electron chi connectivity index (χ0n) is 19.8. The fourth-order valence-electron chi connectivity index (χ4n) is 7.44. The molecule has 1 N–H and O–H groups in total. The SMILES string of the molecule is CC.CC(=O)O.CC(=O)OC1CCC2C3CC(=O)C4CCCCC4(C)C3CCC12C. The molecule has 4 rings (SSSR count). The van der Waals surface area contributed by atoms with Gasteiger partial charge in [0.05, 0.1) is 0 Å². The first kappa shape index (κ1) is 24.9. The van der Waals surface area contributed by atoms with Crippen molar-refractivity contribution in [3.63, 3.8) is 0 Å². The Morgan fingerprint density at radius 2 is 1.53 bits per heavy atom. The summed E-state index contributed by atoms with van der Waals surface area (Å²) in [4.78, 5) is 33.5. The molecule has 5 nitrogen and oxygen atoms in total. The molecule has 4 saturated carbocycles. The van der Waals surface area contributed by atoms with Gasteiger partial charge in [-0.05, 0) is 61.7 Å². The molecule has 0 aromatic rings. The molecule has 7 unspecified atom stereocenters. The molecule has 30 heavy (non-hydrogen) atoms. The maximum absolute atomic E-state index is 13.0. The van der Waals surface area contributed by atoms with Gasteiger partial charge in [-0.1, -0.05) is 40.5 Å². The van der Waals surface area contributed by atoms with Crippen LogP contribution in [-0.4, -0.2) is 28.9 Å². The number of carbonyl (C=O) groups excluding carboxylic acids is 2. The third kappa shape index (κ3) is 4.60. The van der Waals surface area contributed by atoms with Gasteiger partial charge < -0.3 is 9.84 Å². The van der Waals surface area contributed by atoms with Gasteiger partial charge in [-0.3, -0.25) is 14.4 Å². The van der Waals surface area contributed by atoms with Gasteiger partial charge in [0.15, 0.2) is 0 Å². The van der Waals surface area contributed by atoms with E-state index in [9.17, 15) is 9.59 Å². The van der Waals surface area contributed by atoms with Crippen LogP contribution in [0.1, 0.15) is 99.3 Å². The van der Waals surface area contributed by atoms with Gasteiger partial charge in [-0.2, -0.15) is 0 Å². The molecule has 0 aliphatic heterocycles. The Bertz CT molecular complexity index is 639. The lowest BCUT2D eigenvalue weighted by Gasteiger charge is -2.59. The fourth-order valence-corrected chi connectivity index (χ4v) is 7.44. The van der Waals surface area contributed by atoms with Crippen LogP contribution >= 0.6 is 0 Å². The molecule has 0 saturated heterocycles. The number of rotatable bonds is 1. The van der Waals surface area contributed by atoms with Crippen molar-refractivity contribution in [2.75, 3.05) is 0 Å². The minimum Gasteiger partial charge on any atom is -0.481 e. The Morgan fingerprint density at radius 1 is 0.933 bits per heavy atom. The Balaban J connectivity index is 0.000000481. The molecule has 0 aromatic carbocycles. The Morgan fingerprint density at radius 3 is 2.13 bits per heavy atom. The summed E-state index contributed by atoms with van der Waals surface area (Å²) in [6, 6.07) is 0. The Hall–Kier alpha value is -1.39. The van der Waals surface area contributed by atoms with E-state index in [1.54, 1.807) is 0 Å². The molecule has 0 radical (unpaired) electrons. The van der Waals surface area contributed by atoms with Crippen LogP contribution in [0.4, 0.5) is 0 Å². The van der Waals surface area contributed by atoms with Crippen molar-refractivity contribution in [1.29, 1.82) is 0 Å². The van der Waals surface area contributed by atoms with Gasteiger partial charge in [-0.15, -0.1) is 0 Å². The van der Waals surface area contributed by atoms with Gasteiger partial charge in [0.2, 0.25) is 0 Å². The van der Waals surface area contributed by atoms with E-state index in [0.29, 0.717) is 29.5 Å². The van der Waals surface area contributed by atoms with E-state index in [1.807, 2.05) is 13.8 Å². The summed E-state index contributed by atoms with van der Waals surface area (Å²) in [5.74, 6) is 1.67. The lowest BCUT2D eigenvalue weighted by atomic mass is 9.45. The molecule has 0 aromatic heterocycles. The second kappa shape index (κ2) is 9.82. The number of ketones is 1. The normalized spacial score (nSPS) is 41.5. The highest BCUT2D eigenvalue weighted by molar-refractivity contribution is 5.83. The fraction of sp³-hybridized carbons (Fsp3) is 0.880. The number of ether oxygens (including phenoxy) is 1. The minimum atomic E-state index is -0.833.